The van der Waals surface area contributed by atoms with Crippen molar-refractivity contribution in [2.75, 3.05) is 10.6 Å². The fourth-order valence-corrected chi connectivity index (χ4v) is 2.14. The van der Waals surface area contributed by atoms with Crippen molar-refractivity contribution in [3.8, 4) is 0 Å². The van der Waals surface area contributed by atoms with E-state index < -0.39 is 0 Å². The van der Waals surface area contributed by atoms with Crippen molar-refractivity contribution in [3.05, 3.63) is 23.2 Å². The van der Waals surface area contributed by atoms with E-state index in [4.69, 9.17) is 11.6 Å². The van der Waals surface area contributed by atoms with Crippen LogP contribution in [0.25, 0.3) is 0 Å². The zero-order chi connectivity index (χ0) is 12.6. The Morgan fingerprint density at radius 2 is 2.06 bits per heavy atom. The first-order valence-corrected chi connectivity index (χ1v) is 6.10. The van der Waals surface area contributed by atoms with Gasteiger partial charge in [-0.1, -0.05) is 38.4 Å². The Kier molecular flexibility index (Phi) is 3.04. The molecule has 1 aliphatic heterocycles. The summed E-state index contributed by atoms with van der Waals surface area (Å²) < 4.78 is 0. The molecule has 1 unspecified atom stereocenters. The van der Waals surface area contributed by atoms with Gasteiger partial charge in [-0.2, -0.15) is 0 Å². The van der Waals surface area contributed by atoms with Crippen LogP contribution in [0, 0.1) is 5.41 Å². The highest BCUT2D eigenvalue weighted by Crippen LogP contribution is 2.36. The lowest BCUT2D eigenvalue weighted by Gasteiger charge is -2.30. The first-order valence-electron chi connectivity index (χ1n) is 5.73. The number of hydrogen-bond donors (Lipinski definition) is 2. The van der Waals surface area contributed by atoms with Gasteiger partial charge < -0.3 is 10.6 Å². The van der Waals surface area contributed by atoms with Crippen molar-refractivity contribution >= 4 is 28.9 Å². The minimum Gasteiger partial charge on any atom is -0.378 e. The van der Waals surface area contributed by atoms with Gasteiger partial charge in [0.15, 0.2) is 0 Å². The van der Waals surface area contributed by atoms with Crippen LogP contribution in [0.4, 0.5) is 11.4 Å². The fraction of sp³-hybridized carbons (Fsp3) is 0.462. The van der Waals surface area contributed by atoms with Gasteiger partial charge in [-0.05, 0) is 17.5 Å². The maximum Gasteiger partial charge on any atom is 0.226 e. The van der Waals surface area contributed by atoms with E-state index in [0.29, 0.717) is 11.4 Å². The summed E-state index contributed by atoms with van der Waals surface area (Å²) in [5.74, 6) is 0.0263. The molecule has 0 saturated carbocycles. The molecule has 0 fully saturated rings. The molecule has 1 aliphatic rings. The van der Waals surface area contributed by atoms with E-state index >= 15 is 0 Å². The van der Waals surface area contributed by atoms with Gasteiger partial charge in [0.1, 0.15) is 0 Å². The lowest BCUT2D eigenvalue weighted by molar-refractivity contribution is -0.116. The van der Waals surface area contributed by atoms with Crippen molar-refractivity contribution < 1.29 is 4.79 Å². The Labute approximate surface area is 107 Å². The summed E-state index contributed by atoms with van der Waals surface area (Å²) in [6.07, 6.45) is 0.453. The zero-order valence-corrected chi connectivity index (χ0v) is 11.1. The third-order valence-corrected chi connectivity index (χ3v) is 3.36. The molecule has 0 aromatic heterocycles. The number of benzene rings is 1. The van der Waals surface area contributed by atoms with E-state index in [1.165, 1.54) is 0 Å². The highest BCUT2D eigenvalue weighted by molar-refractivity contribution is 6.34. The Bertz CT molecular complexity index is 451. The first kappa shape index (κ1) is 12.2. The molecule has 1 aromatic rings. The predicted molar refractivity (Wildman–Crippen MR) is 71.6 cm³/mol. The van der Waals surface area contributed by atoms with Gasteiger partial charge in [-0.15, -0.1) is 0 Å². The minimum atomic E-state index is -0.00186. The van der Waals surface area contributed by atoms with E-state index in [-0.39, 0.29) is 17.4 Å². The second kappa shape index (κ2) is 4.22. The van der Waals surface area contributed by atoms with E-state index in [2.05, 4.69) is 31.4 Å². The Morgan fingerprint density at radius 3 is 2.71 bits per heavy atom. The lowest BCUT2D eigenvalue weighted by atomic mass is 9.84. The third-order valence-electron chi connectivity index (χ3n) is 3.04. The van der Waals surface area contributed by atoms with Gasteiger partial charge in [0.05, 0.1) is 16.4 Å². The summed E-state index contributed by atoms with van der Waals surface area (Å²) in [5.41, 5.74) is 1.58. The van der Waals surface area contributed by atoms with Crippen LogP contribution >= 0.6 is 11.6 Å². The molecule has 4 heteroatoms. The molecular formula is C13H17ClN2O. The van der Waals surface area contributed by atoms with Crippen molar-refractivity contribution in [1.82, 2.24) is 0 Å². The third kappa shape index (κ3) is 2.55. The summed E-state index contributed by atoms with van der Waals surface area (Å²) in [4.78, 5) is 11.8. The number of carbonyl (C=O) groups is 1. The summed E-state index contributed by atoms with van der Waals surface area (Å²) >= 11 is 6.16. The normalized spacial score (nSPS) is 20.0. The number of fused-ring (bicyclic) bond motifs is 1. The number of nitrogens with one attached hydrogen (secondary N) is 2. The smallest absolute Gasteiger partial charge is 0.226 e. The highest BCUT2D eigenvalue weighted by atomic mass is 35.5. The summed E-state index contributed by atoms with van der Waals surface area (Å²) in [7, 11) is 0. The molecule has 0 radical (unpaired) electrons. The molecule has 1 heterocycles. The van der Waals surface area contributed by atoms with Crippen molar-refractivity contribution in [2.24, 2.45) is 5.41 Å². The molecule has 1 atom stereocenters. The van der Waals surface area contributed by atoms with Crippen LogP contribution in [0.15, 0.2) is 18.2 Å². The summed E-state index contributed by atoms with van der Waals surface area (Å²) in [5, 5.41) is 6.90. The number of rotatable bonds is 0. The van der Waals surface area contributed by atoms with Crippen LogP contribution in [0.5, 0.6) is 0 Å². The van der Waals surface area contributed by atoms with Gasteiger partial charge in [-0.3, -0.25) is 4.79 Å². The van der Waals surface area contributed by atoms with Crippen LogP contribution in [0.1, 0.15) is 27.2 Å². The molecule has 0 bridgehead atoms. The Morgan fingerprint density at radius 1 is 1.35 bits per heavy atom. The summed E-state index contributed by atoms with van der Waals surface area (Å²) in [6.45, 7) is 6.33. The maximum atomic E-state index is 11.8. The molecule has 17 heavy (non-hydrogen) atoms. The molecule has 92 valence electrons. The Balaban J connectivity index is 2.42. The van der Waals surface area contributed by atoms with Crippen molar-refractivity contribution in [2.45, 2.75) is 33.2 Å². The second-order valence-corrected chi connectivity index (χ2v) is 5.88. The highest BCUT2D eigenvalue weighted by Gasteiger charge is 2.30. The fourth-order valence-electron chi connectivity index (χ4n) is 1.91. The summed E-state index contributed by atoms with van der Waals surface area (Å²) in [6, 6.07) is 5.59. The quantitative estimate of drug-likeness (QED) is 0.742. The monoisotopic (exact) mass is 252 g/mol. The van der Waals surface area contributed by atoms with Crippen LogP contribution < -0.4 is 10.6 Å². The van der Waals surface area contributed by atoms with Crippen LogP contribution in [-0.2, 0) is 4.79 Å². The molecule has 2 rings (SSSR count). The van der Waals surface area contributed by atoms with Crippen LogP contribution in [0.2, 0.25) is 5.02 Å². The average Bonchev–Trinajstić information content (AvgIpc) is 2.36. The van der Waals surface area contributed by atoms with Gasteiger partial charge in [0, 0.05) is 12.5 Å². The lowest BCUT2D eigenvalue weighted by Crippen LogP contribution is -2.35. The van der Waals surface area contributed by atoms with Gasteiger partial charge in [-0.25, -0.2) is 0 Å². The van der Waals surface area contributed by atoms with E-state index in [1.54, 1.807) is 0 Å². The van der Waals surface area contributed by atoms with Crippen molar-refractivity contribution in [1.29, 1.82) is 0 Å². The van der Waals surface area contributed by atoms with E-state index in [9.17, 15) is 4.79 Å². The molecule has 0 spiro atoms. The van der Waals surface area contributed by atoms with Crippen LogP contribution in [-0.4, -0.2) is 11.9 Å². The topological polar surface area (TPSA) is 41.1 Å². The standard InChI is InChI=1S/C13H17ClN2O/c1-13(2,3)10-7-11(17)15-9-6-4-5-8(14)12(9)16-10/h4-6,10,16H,7H2,1-3H3,(H,15,17). The SMILES string of the molecule is CC(C)(C)C1CC(=O)Nc2cccc(Cl)c2N1. The Hall–Kier alpha value is -1.22. The molecule has 0 aliphatic carbocycles. The average molecular weight is 253 g/mol. The molecule has 0 saturated heterocycles. The van der Waals surface area contributed by atoms with Crippen molar-refractivity contribution in [3.63, 3.8) is 0 Å². The maximum absolute atomic E-state index is 11.8. The minimum absolute atomic E-state index is 0.00186. The molecule has 1 amide bonds. The second-order valence-electron chi connectivity index (χ2n) is 5.48. The number of amides is 1. The van der Waals surface area contributed by atoms with E-state index in [1.807, 2.05) is 18.2 Å². The molecule has 3 nitrogen and oxygen atoms in total. The number of carbonyl (C=O) groups excluding carboxylic acids is 1. The zero-order valence-electron chi connectivity index (χ0n) is 10.3. The van der Waals surface area contributed by atoms with Crippen LogP contribution in [0.3, 0.4) is 0 Å². The largest absolute Gasteiger partial charge is 0.378 e. The molecule has 2 N–H and O–H groups in total. The number of anilines is 2. The first-order chi connectivity index (χ1) is 7.88. The van der Waals surface area contributed by atoms with Gasteiger partial charge >= 0.3 is 0 Å². The van der Waals surface area contributed by atoms with Gasteiger partial charge in [0.2, 0.25) is 5.91 Å². The predicted octanol–water partition coefficient (Wildman–Crippen LogP) is 3.51. The van der Waals surface area contributed by atoms with Gasteiger partial charge in [0.25, 0.3) is 0 Å². The number of hydrogen-bond acceptors (Lipinski definition) is 2. The number of halogens is 1. The number of para-hydroxylation sites is 1. The molecular weight excluding hydrogens is 236 g/mol. The molecule has 1 aromatic carbocycles. The van der Waals surface area contributed by atoms with E-state index in [0.717, 1.165) is 11.4 Å².